The molecule has 1 atom stereocenters. The highest BCUT2D eigenvalue weighted by Gasteiger charge is 2.28. The predicted octanol–water partition coefficient (Wildman–Crippen LogP) is 0.987. The van der Waals surface area contributed by atoms with Gasteiger partial charge >= 0.3 is 0 Å². The van der Waals surface area contributed by atoms with Crippen LogP contribution >= 0.6 is 0 Å². The van der Waals surface area contributed by atoms with Crippen molar-refractivity contribution in [3.05, 3.63) is 11.7 Å². The third-order valence-corrected chi connectivity index (χ3v) is 2.30. The van der Waals surface area contributed by atoms with Gasteiger partial charge in [0.2, 0.25) is 0 Å². The number of hydrogen-bond donors (Lipinski definition) is 1. The molecular weight excluding hydrogens is 210 g/mol. The molecule has 0 radical (unpaired) electrons. The van der Waals surface area contributed by atoms with Gasteiger partial charge in [0.15, 0.2) is 5.82 Å². The lowest BCUT2D eigenvalue weighted by atomic mass is 10.1. The lowest BCUT2D eigenvalue weighted by Crippen LogP contribution is -2.21. The third kappa shape index (κ3) is 3.01. The fraction of sp³-hybridized carbons (Fsp3) is 0.800. The lowest BCUT2D eigenvalue weighted by Gasteiger charge is -2.16. The first-order chi connectivity index (χ1) is 7.51. The Morgan fingerprint density at radius 2 is 2.19 bits per heavy atom. The topological polar surface area (TPSA) is 83.4 Å². The molecule has 0 amide bonds. The van der Waals surface area contributed by atoms with E-state index in [2.05, 4.69) is 10.1 Å². The van der Waals surface area contributed by atoms with E-state index in [9.17, 15) is 0 Å². The van der Waals surface area contributed by atoms with Crippen molar-refractivity contribution in [1.29, 1.82) is 0 Å². The summed E-state index contributed by atoms with van der Waals surface area (Å²) in [5, 5.41) is 3.81. The molecule has 0 aliphatic heterocycles. The van der Waals surface area contributed by atoms with Crippen molar-refractivity contribution >= 4 is 0 Å². The minimum absolute atomic E-state index is 0.370. The van der Waals surface area contributed by atoms with Crippen LogP contribution in [0, 0.1) is 0 Å². The average molecular weight is 229 g/mol. The van der Waals surface area contributed by atoms with Crippen molar-refractivity contribution in [2.24, 2.45) is 5.73 Å². The number of ether oxygens (including phenoxy) is 2. The van der Waals surface area contributed by atoms with Crippen molar-refractivity contribution < 1.29 is 14.0 Å². The zero-order valence-electron chi connectivity index (χ0n) is 10.2. The van der Waals surface area contributed by atoms with Crippen molar-refractivity contribution in [3.8, 4) is 0 Å². The van der Waals surface area contributed by atoms with E-state index in [0.717, 1.165) is 0 Å². The first-order valence-corrected chi connectivity index (χ1v) is 5.23. The number of aromatic nitrogens is 2. The second-order valence-corrected chi connectivity index (χ2v) is 3.94. The van der Waals surface area contributed by atoms with Crippen LogP contribution in [0.25, 0.3) is 0 Å². The van der Waals surface area contributed by atoms with Gasteiger partial charge in [-0.25, -0.2) is 0 Å². The van der Waals surface area contributed by atoms with Gasteiger partial charge in [0.1, 0.15) is 5.60 Å². The van der Waals surface area contributed by atoms with Crippen LogP contribution in [0.15, 0.2) is 4.52 Å². The van der Waals surface area contributed by atoms with Crippen LogP contribution in [0.2, 0.25) is 0 Å². The van der Waals surface area contributed by atoms with Crippen LogP contribution in [0.3, 0.4) is 0 Å². The minimum Gasteiger partial charge on any atom is -0.380 e. The molecule has 1 aromatic rings. The Labute approximate surface area is 95.1 Å². The van der Waals surface area contributed by atoms with Gasteiger partial charge in [-0.05, 0) is 20.8 Å². The van der Waals surface area contributed by atoms with Gasteiger partial charge < -0.3 is 19.7 Å². The second-order valence-electron chi connectivity index (χ2n) is 3.94. The smallest absolute Gasteiger partial charge is 0.258 e. The molecule has 6 nitrogen and oxygen atoms in total. The van der Waals surface area contributed by atoms with E-state index in [0.29, 0.717) is 24.9 Å². The van der Waals surface area contributed by atoms with Crippen molar-refractivity contribution in [2.45, 2.75) is 32.4 Å². The Morgan fingerprint density at radius 3 is 2.75 bits per heavy atom. The maximum atomic E-state index is 5.83. The van der Waals surface area contributed by atoms with Gasteiger partial charge in [-0.1, -0.05) is 5.16 Å². The average Bonchev–Trinajstić information content (AvgIpc) is 2.75. The van der Waals surface area contributed by atoms with Crippen molar-refractivity contribution in [3.63, 3.8) is 0 Å². The fourth-order valence-electron chi connectivity index (χ4n) is 1.04. The highest BCUT2D eigenvalue weighted by atomic mass is 16.5. The van der Waals surface area contributed by atoms with Crippen LogP contribution in [0.1, 0.15) is 38.5 Å². The Balaban J connectivity index is 2.71. The molecule has 0 aromatic carbocycles. The number of rotatable bonds is 6. The summed E-state index contributed by atoms with van der Waals surface area (Å²) in [6, 6.07) is -0.370. The minimum atomic E-state index is -0.601. The van der Waals surface area contributed by atoms with Gasteiger partial charge in [-0.15, -0.1) is 0 Å². The molecule has 92 valence electrons. The molecule has 1 heterocycles. The second kappa shape index (κ2) is 5.38. The van der Waals surface area contributed by atoms with Gasteiger partial charge in [0, 0.05) is 13.7 Å². The number of hydrogen-bond acceptors (Lipinski definition) is 6. The van der Waals surface area contributed by atoms with Crippen molar-refractivity contribution in [2.75, 3.05) is 20.3 Å². The van der Waals surface area contributed by atoms with E-state index in [1.165, 1.54) is 0 Å². The molecule has 0 spiro atoms. The largest absolute Gasteiger partial charge is 0.380 e. The summed E-state index contributed by atoms with van der Waals surface area (Å²) in [4.78, 5) is 4.20. The SMILES string of the molecule is CCOCC(N)c1noc(C(C)(C)OC)n1. The summed E-state index contributed by atoms with van der Waals surface area (Å²) in [5.74, 6) is 0.852. The van der Waals surface area contributed by atoms with Crippen LogP contribution in [0.5, 0.6) is 0 Å². The number of nitrogens with two attached hydrogens (primary N) is 1. The van der Waals surface area contributed by atoms with E-state index in [1.807, 2.05) is 20.8 Å². The summed E-state index contributed by atoms with van der Waals surface area (Å²) in [5.41, 5.74) is 5.23. The standard InChI is InChI=1S/C10H19N3O3/c1-5-15-6-7(11)8-12-9(16-13-8)10(2,3)14-4/h7H,5-6,11H2,1-4H3. The van der Waals surface area contributed by atoms with Gasteiger partial charge in [0.25, 0.3) is 5.89 Å². The molecule has 2 N–H and O–H groups in total. The van der Waals surface area contributed by atoms with Crippen LogP contribution in [-0.2, 0) is 15.1 Å². The fourth-order valence-corrected chi connectivity index (χ4v) is 1.04. The zero-order valence-corrected chi connectivity index (χ0v) is 10.2. The lowest BCUT2D eigenvalue weighted by molar-refractivity contribution is -0.00786. The Morgan fingerprint density at radius 1 is 1.50 bits per heavy atom. The molecule has 1 rings (SSSR count). The Hall–Kier alpha value is -0.980. The maximum Gasteiger partial charge on any atom is 0.258 e. The Bertz CT molecular complexity index is 325. The molecule has 1 unspecified atom stereocenters. The third-order valence-electron chi connectivity index (χ3n) is 2.30. The summed E-state index contributed by atoms with van der Waals surface area (Å²) in [6.45, 7) is 6.59. The molecule has 0 fully saturated rings. The van der Waals surface area contributed by atoms with E-state index in [1.54, 1.807) is 7.11 Å². The molecule has 0 aliphatic carbocycles. The zero-order chi connectivity index (χ0) is 12.2. The first kappa shape index (κ1) is 13.1. The summed E-state index contributed by atoms with van der Waals surface area (Å²) >= 11 is 0. The van der Waals surface area contributed by atoms with Crippen molar-refractivity contribution in [1.82, 2.24) is 10.1 Å². The molecule has 1 aromatic heterocycles. The van der Waals surface area contributed by atoms with E-state index >= 15 is 0 Å². The van der Waals surface area contributed by atoms with Gasteiger partial charge in [-0.2, -0.15) is 4.98 Å². The van der Waals surface area contributed by atoms with Gasteiger partial charge in [0.05, 0.1) is 12.6 Å². The number of nitrogens with zero attached hydrogens (tertiary/aromatic N) is 2. The van der Waals surface area contributed by atoms with Crippen LogP contribution < -0.4 is 5.73 Å². The molecular formula is C10H19N3O3. The van der Waals surface area contributed by atoms with Crippen LogP contribution in [0.4, 0.5) is 0 Å². The normalized spacial score (nSPS) is 14.1. The monoisotopic (exact) mass is 229 g/mol. The van der Waals surface area contributed by atoms with E-state index in [-0.39, 0.29) is 6.04 Å². The van der Waals surface area contributed by atoms with E-state index in [4.69, 9.17) is 19.7 Å². The quantitative estimate of drug-likeness (QED) is 0.783. The molecule has 0 saturated carbocycles. The summed E-state index contributed by atoms with van der Waals surface area (Å²) in [7, 11) is 1.59. The Kier molecular flexibility index (Phi) is 4.40. The predicted molar refractivity (Wildman–Crippen MR) is 57.8 cm³/mol. The molecule has 0 saturated heterocycles. The number of methoxy groups -OCH3 is 1. The highest BCUT2D eigenvalue weighted by Crippen LogP contribution is 2.22. The van der Waals surface area contributed by atoms with E-state index < -0.39 is 5.60 Å². The first-order valence-electron chi connectivity index (χ1n) is 5.23. The highest BCUT2D eigenvalue weighted by molar-refractivity contribution is 4.98. The molecule has 0 bridgehead atoms. The van der Waals surface area contributed by atoms with Crippen LogP contribution in [-0.4, -0.2) is 30.5 Å². The van der Waals surface area contributed by atoms with Gasteiger partial charge in [-0.3, -0.25) is 0 Å². The molecule has 16 heavy (non-hydrogen) atoms. The molecule has 0 aliphatic rings. The molecule has 6 heteroatoms. The summed E-state index contributed by atoms with van der Waals surface area (Å²) < 4.78 is 15.5. The maximum absolute atomic E-state index is 5.83. The summed E-state index contributed by atoms with van der Waals surface area (Å²) in [6.07, 6.45) is 0.